The van der Waals surface area contributed by atoms with Crippen LogP contribution >= 0.6 is 0 Å². The Hall–Kier alpha value is -2.36. The van der Waals surface area contributed by atoms with Crippen LogP contribution in [0.5, 0.6) is 0 Å². The number of hydrogen-bond donors (Lipinski definition) is 2. The molecule has 0 radical (unpaired) electrons. The summed E-state index contributed by atoms with van der Waals surface area (Å²) in [6, 6.07) is 11.8. The molecule has 2 N–H and O–H groups in total. The molecule has 0 spiro atoms. The summed E-state index contributed by atoms with van der Waals surface area (Å²) in [5.41, 5.74) is 2.92. The van der Waals surface area contributed by atoms with Crippen molar-refractivity contribution < 1.29 is 4.79 Å². The van der Waals surface area contributed by atoms with E-state index in [1.165, 1.54) is 5.56 Å². The van der Waals surface area contributed by atoms with E-state index in [2.05, 4.69) is 34.7 Å². The van der Waals surface area contributed by atoms with Gasteiger partial charge in [-0.25, -0.2) is 4.98 Å². The average Bonchev–Trinajstić information content (AvgIpc) is 2.50. The molecule has 1 amide bonds. The Morgan fingerprint density at radius 3 is 2.50 bits per heavy atom. The molecule has 2 rings (SSSR count). The molecule has 4 heteroatoms. The maximum Gasteiger partial charge on any atom is 0.227 e. The van der Waals surface area contributed by atoms with Crippen LogP contribution in [0.4, 0.5) is 17.2 Å². The van der Waals surface area contributed by atoms with Gasteiger partial charge in [-0.2, -0.15) is 0 Å². The monoisotopic (exact) mass is 297 g/mol. The van der Waals surface area contributed by atoms with Gasteiger partial charge in [0.25, 0.3) is 0 Å². The predicted molar refractivity (Wildman–Crippen MR) is 91.4 cm³/mol. The van der Waals surface area contributed by atoms with Crippen LogP contribution in [-0.4, -0.2) is 10.9 Å². The van der Waals surface area contributed by atoms with Crippen molar-refractivity contribution in [2.24, 2.45) is 5.92 Å². The number of nitrogens with one attached hydrogen (secondary N) is 2. The maximum absolute atomic E-state index is 12.0. The Balaban J connectivity index is 2.00. The average molecular weight is 297 g/mol. The normalized spacial score (nSPS) is 10.5. The largest absolute Gasteiger partial charge is 0.340 e. The van der Waals surface area contributed by atoms with E-state index in [0.29, 0.717) is 0 Å². The third-order valence-electron chi connectivity index (χ3n) is 3.68. The number of amides is 1. The Labute approximate surface area is 132 Å². The van der Waals surface area contributed by atoms with Gasteiger partial charge in [-0.3, -0.25) is 4.79 Å². The molecule has 4 nitrogen and oxygen atoms in total. The summed E-state index contributed by atoms with van der Waals surface area (Å²) in [7, 11) is 0. The highest BCUT2D eigenvalue weighted by Gasteiger charge is 2.14. The zero-order valence-corrected chi connectivity index (χ0v) is 13.4. The van der Waals surface area contributed by atoms with Crippen LogP contribution in [-0.2, 0) is 4.79 Å². The molecule has 0 aliphatic heterocycles. The molecular formula is C18H23N3O. The smallest absolute Gasteiger partial charge is 0.227 e. The molecule has 0 aliphatic rings. The van der Waals surface area contributed by atoms with Crippen molar-refractivity contribution in [2.75, 3.05) is 10.6 Å². The summed E-state index contributed by atoms with van der Waals surface area (Å²) >= 11 is 0. The predicted octanol–water partition coefficient (Wildman–Crippen LogP) is 4.51. The highest BCUT2D eigenvalue weighted by atomic mass is 16.1. The van der Waals surface area contributed by atoms with Gasteiger partial charge in [-0.05, 0) is 49.6 Å². The minimum atomic E-state index is 0.0603. The lowest BCUT2D eigenvalue weighted by Crippen LogP contribution is -2.21. The molecule has 0 aliphatic carbocycles. The van der Waals surface area contributed by atoms with Crippen molar-refractivity contribution in [3.8, 4) is 0 Å². The lowest BCUT2D eigenvalue weighted by Gasteiger charge is -2.13. The first kappa shape index (κ1) is 16.0. The summed E-state index contributed by atoms with van der Waals surface area (Å²) in [6.07, 6.45) is 3.38. The van der Waals surface area contributed by atoms with Crippen LogP contribution in [0.25, 0.3) is 0 Å². The minimum absolute atomic E-state index is 0.0603. The number of pyridine rings is 1. The van der Waals surface area contributed by atoms with Gasteiger partial charge in [-0.1, -0.05) is 26.0 Å². The van der Waals surface area contributed by atoms with Gasteiger partial charge < -0.3 is 10.6 Å². The van der Waals surface area contributed by atoms with Gasteiger partial charge >= 0.3 is 0 Å². The van der Waals surface area contributed by atoms with E-state index >= 15 is 0 Å². The van der Waals surface area contributed by atoms with Crippen LogP contribution in [0.15, 0.2) is 42.6 Å². The summed E-state index contributed by atoms with van der Waals surface area (Å²) in [5.74, 6) is 0.877. The summed E-state index contributed by atoms with van der Waals surface area (Å²) in [6.45, 7) is 6.11. The number of rotatable bonds is 6. The van der Waals surface area contributed by atoms with Gasteiger partial charge in [0.2, 0.25) is 5.91 Å². The van der Waals surface area contributed by atoms with E-state index in [1.807, 2.05) is 38.1 Å². The molecule has 1 heterocycles. The SMILES string of the molecule is CCC(CC)C(=O)Nc1ccc(Nc2cccc(C)c2)nc1. The van der Waals surface area contributed by atoms with Gasteiger partial charge in [0, 0.05) is 11.6 Å². The van der Waals surface area contributed by atoms with Crippen LogP contribution in [0, 0.1) is 12.8 Å². The number of nitrogens with zero attached hydrogens (tertiary/aromatic N) is 1. The van der Waals surface area contributed by atoms with E-state index in [-0.39, 0.29) is 11.8 Å². The first-order valence-electron chi connectivity index (χ1n) is 7.73. The number of carbonyl (C=O) groups excluding carboxylic acids is 1. The highest BCUT2D eigenvalue weighted by molar-refractivity contribution is 5.92. The van der Waals surface area contributed by atoms with Crippen molar-refractivity contribution in [3.05, 3.63) is 48.2 Å². The molecule has 22 heavy (non-hydrogen) atoms. The zero-order chi connectivity index (χ0) is 15.9. The number of carbonyl (C=O) groups is 1. The molecule has 2 aromatic rings. The Morgan fingerprint density at radius 2 is 1.91 bits per heavy atom. The van der Waals surface area contributed by atoms with Gasteiger partial charge in [0.1, 0.15) is 5.82 Å². The van der Waals surface area contributed by atoms with E-state index in [4.69, 9.17) is 0 Å². The molecule has 0 bridgehead atoms. The summed E-state index contributed by atoms with van der Waals surface area (Å²) < 4.78 is 0. The Kier molecular flexibility index (Phi) is 5.53. The molecule has 0 saturated heterocycles. The van der Waals surface area contributed by atoms with Gasteiger partial charge in [-0.15, -0.1) is 0 Å². The van der Waals surface area contributed by atoms with Gasteiger partial charge in [0.15, 0.2) is 0 Å². The number of benzene rings is 1. The number of aromatic nitrogens is 1. The van der Waals surface area contributed by atoms with Crippen molar-refractivity contribution in [2.45, 2.75) is 33.6 Å². The third kappa shape index (κ3) is 4.32. The third-order valence-corrected chi connectivity index (χ3v) is 3.68. The fraction of sp³-hybridized carbons (Fsp3) is 0.333. The van der Waals surface area contributed by atoms with Crippen molar-refractivity contribution in [1.29, 1.82) is 0 Å². The molecule has 1 aromatic heterocycles. The lowest BCUT2D eigenvalue weighted by atomic mass is 10.0. The van der Waals surface area contributed by atoms with E-state index < -0.39 is 0 Å². The summed E-state index contributed by atoms with van der Waals surface area (Å²) in [4.78, 5) is 16.4. The quantitative estimate of drug-likeness (QED) is 0.825. The van der Waals surface area contributed by atoms with Crippen LogP contribution in [0.1, 0.15) is 32.3 Å². The number of hydrogen-bond acceptors (Lipinski definition) is 3. The van der Waals surface area contributed by atoms with E-state index in [0.717, 1.165) is 30.0 Å². The summed E-state index contributed by atoms with van der Waals surface area (Å²) in [5, 5.41) is 6.16. The standard InChI is InChI=1S/C18H23N3O/c1-4-14(5-2)18(22)21-16-9-10-17(19-12-16)20-15-8-6-7-13(3)11-15/h6-12,14H,4-5H2,1-3H3,(H,19,20)(H,21,22). The van der Waals surface area contributed by atoms with Crippen molar-refractivity contribution in [3.63, 3.8) is 0 Å². The molecule has 0 fully saturated rings. The first-order valence-corrected chi connectivity index (χ1v) is 7.73. The van der Waals surface area contributed by atoms with Gasteiger partial charge in [0.05, 0.1) is 11.9 Å². The molecule has 1 aromatic carbocycles. The lowest BCUT2D eigenvalue weighted by molar-refractivity contribution is -0.120. The molecular weight excluding hydrogens is 274 g/mol. The minimum Gasteiger partial charge on any atom is -0.340 e. The molecule has 0 atom stereocenters. The topological polar surface area (TPSA) is 54.0 Å². The number of aryl methyl sites for hydroxylation is 1. The second-order valence-electron chi connectivity index (χ2n) is 5.43. The molecule has 116 valence electrons. The second-order valence-corrected chi connectivity index (χ2v) is 5.43. The number of anilines is 3. The second kappa shape index (κ2) is 7.59. The molecule has 0 unspecified atom stereocenters. The van der Waals surface area contributed by atoms with Crippen molar-refractivity contribution >= 4 is 23.1 Å². The Bertz CT molecular complexity index is 618. The van der Waals surface area contributed by atoms with E-state index in [9.17, 15) is 4.79 Å². The highest BCUT2D eigenvalue weighted by Crippen LogP contribution is 2.18. The molecule has 0 saturated carbocycles. The zero-order valence-electron chi connectivity index (χ0n) is 13.4. The fourth-order valence-corrected chi connectivity index (χ4v) is 2.32. The maximum atomic E-state index is 12.0. The van der Waals surface area contributed by atoms with Crippen LogP contribution < -0.4 is 10.6 Å². The van der Waals surface area contributed by atoms with Crippen LogP contribution in [0.2, 0.25) is 0 Å². The first-order chi connectivity index (χ1) is 10.6. The van der Waals surface area contributed by atoms with E-state index in [1.54, 1.807) is 6.20 Å². The fourth-order valence-electron chi connectivity index (χ4n) is 2.32. The Morgan fingerprint density at radius 1 is 1.14 bits per heavy atom. The van der Waals surface area contributed by atoms with Crippen LogP contribution in [0.3, 0.4) is 0 Å². The van der Waals surface area contributed by atoms with Crippen molar-refractivity contribution in [1.82, 2.24) is 4.98 Å².